The van der Waals surface area contributed by atoms with Crippen molar-refractivity contribution in [3.63, 3.8) is 0 Å². The maximum absolute atomic E-state index is 11.2. The molecule has 5 heteroatoms. The molecule has 14 heavy (non-hydrogen) atoms. The van der Waals surface area contributed by atoms with E-state index in [-0.39, 0.29) is 23.0 Å². The Bertz CT molecular complexity index is 365. The van der Waals surface area contributed by atoms with Crippen LogP contribution in [-0.4, -0.2) is 23.8 Å². The average Bonchev–Trinajstić information content (AvgIpc) is 2.17. The number of pyridine rings is 1. The lowest BCUT2D eigenvalue weighted by Crippen LogP contribution is -2.06. The third-order valence-electron chi connectivity index (χ3n) is 1.49. The Morgan fingerprint density at radius 3 is 2.86 bits per heavy atom. The Balaban J connectivity index is 2.99. The number of carbonyl (C=O) groups excluding carboxylic acids is 2. The Labute approximate surface area is 85.9 Å². The molecule has 0 atom stereocenters. The summed E-state index contributed by atoms with van der Waals surface area (Å²) in [6.45, 7) is 1.96. The van der Waals surface area contributed by atoms with Crippen molar-refractivity contribution < 1.29 is 14.3 Å². The first-order valence-electron chi connectivity index (χ1n) is 3.98. The van der Waals surface area contributed by atoms with Gasteiger partial charge >= 0.3 is 5.97 Å². The summed E-state index contributed by atoms with van der Waals surface area (Å²) in [7, 11) is 0. The first-order valence-corrected chi connectivity index (χ1v) is 4.35. The van der Waals surface area contributed by atoms with Crippen LogP contribution in [0.1, 0.15) is 27.8 Å². The van der Waals surface area contributed by atoms with Gasteiger partial charge in [0.1, 0.15) is 10.8 Å². The van der Waals surface area contributed by atoms with Gasteiger partial charge in [-0.05, 0) is 19.1 Å². The fourth-order valence-corrected chi connectivity index (χ4v) is 1.11. The molecule has 1 aromatic heterocycles. The van der Waals surface area contributed by atoms with E-state index in [0.29, 0.717) is 6.29 Å². The molecule has 1 rings (SSSR count). The molecule has 0 spiro atoms. The Morgan fingerprint density at radius 1 is 1.64 bits per heavy atom. The van der Waals surface area contributed by atoms with Gasteiger partial charge in [0.25, 0.3) is 0 Å². The zero-order valence-corrected chi connectivity index (χ0v) is 8.25. The number of nitrogens with zero attached hydrogens (tertiary/aromatic N) is 1. The molecule has 0 N–H and O–H groups in total. The highest BCUT2D eigenvalue weighted by molar-refractivity contribution is 6.32. The average molecular weight is 214 g/mol. The smallest absolute Gasteiger partial charge is 0.341 e. The van der Waals surface area contributed by atoms with Crippen LogP contribution in [0.25, 0.3) is 0 Å². The Morgan fingerprint density at radius 2 is 2.36 bits per heavy atom. The number of rotatable bonds is 3. The monoisotopic (exact) mass is 213 g/mol. The molecule has 0 unspecified atom stereocenters. The number of esters is 1. The Hall–Kier alpha value is -1.42. The maximum atomic E-state index is 11.2. The summed E-state index contributed by atoms with van der Waals surface area (Å²) in [5, 5.41) is -0.0203. The van der Waals surface area contributed by atoms with Crippen LogP contribution in [0.5, 0.6) is 0 Å². The lowest BCUT2D eigenvalue weighted by Gasteiger charge is -2.02. The fraction of sp³-hybridized carbons (Fsp3) is 0.222. The van der Waals surface area contributed by atoms with Crippen LogP contribution >= 0.6 is 11.6 Å². The normalized spacial score (nSPS) is 9.57. The van der Waals surface area contributed by atoms with E-state index in [1.165, 1.54) is 12.1 Å². The molecular formula is C9H8ClNO3. The van der Waals surface area contributed by atoms with Crippen LogP contribution in [0.3, 0.4) is 0 Å². The minimum Gasteiger partial charge on any atom is -0.462 e. The predicted octanol–water partition coefficient (Wildman–Crippen LogP) is 1.72. The molecule has 0 saturated carbocycles. The van der Waals surface area contributed by atoms with E-state index >= 15 is 0 Å². The van der Waals surface area contributed by atoms with Crippen molar-refractivity contribution in [2.75, 3.05) is 6.61 Å². The second-order valence-electron chi connectivity index (χ2n) is 2.41. The highest BCUT2D eigenvalue weighted by Gasteiger charge is 2.12. The number of hydrogen-bond donors (Lipinski definition) is 0. The predicted molar refractivity (Wildman–Crippen MR) is 50.6 cm³/mol. The van der Waals surface area contributed by atoms with E-state index < -0.39 is 5.97 Å². The summed E-state index contributed by atoms with van der Waals surface area (Å²) in [5.41, 5.74) is 0.349. The van der Waals surface area contributed by atoms with E-state index in [1.54, 1.807) is 6.92 Å². The molecule has 0 fully saturated rings. The zero-order valence-electron chi connectivity index (χ0n) is 7.49. The largest absolute Gasteiger partial charge is 0.462 e. The molecule has 0 aliphatic heterocycles. The van der Waals surface area contributed by atoms with Crippen LogP contribution in [0.4, 0.5) is 0 Å². The zero-order chi connectivity index (χ0) is 10.6. The number of aromatic nitrogens is 1. The lowest BCUT2D eigenvalue weighted by atomic mass is 10.2. The van der Waals surface area contributed by atoms with Crippen LogP contribution in [0, 0.1) is 0 Å². The van der Waals surface area contributed by atoms with Crippen molar-refractivity contribution in [1.29, 1.82) is 0 Å². The molecule has 0 bridgehead atoms. The van der Waals surface area contributed by atoms with Gasteiger partial charge in [-0.15, -0.1) is 0 Å². The van der Waals surface area contributed by atoms with Crippen molar-refractivity contribution in [3.8, 4) is 0 Å². The van der Waals surface area contributed by atoms with Gasteiger partial charge in [-0.2, -0.15) is 0 Å². The minimum atomic E-state index is -0.539. The lowest BCUT2D eigenvalue weighted by molar-refractivity contribution is 0.0526. The molecule has 0 saturated heterocycles. The van der Waals surface area contributed by atoms with Crippen LogP contribution in [0.15, 0.2) is 12.1 Å². The van der Waals surface area contributed by atoms with Gasteiger partial charge in [0.2, 0.25) is 0 Å². The fourth-order valence-electron chi connectivity index (χ4n) is 0.875. The summed E-state index contributed by atoms with van der Waals surface area (Å²) < 4.78 is 4.73. The molecule has 0 amide bonds. The standard InChI is InChI=1S/C9H8ClNO3/c1-2-14-9(13)7-4-3-6(5-12)11-8(7)10/h3-5H,2H2,1H3. The molecule has 0 aliphatic rings. The van der Waals surface area contributed by atoms with Gasteiger partial charge < -0.3 is 4.74 Å². The molecular weight excluding hydrogens is 206 g/mol. The number of halogens is 1. The number of hydrogen-bond acceptors (Lipinski definition) is 4. The van der Waals surface area contributed by atoms with Crippen molar-refractivity contribution in [2.45, 2.75) is 6.92 Å². The molecule has 1 heterocycles. The number of carbonyl (C=O) groups is 2. The second-order valence-corrected chi connectivity index (χ2v) is 2.77. The molecule has 0 aromatic carbocycles. The maximum Gasteiger partial charge on any atom is 0.341 e. The SMILES string of the molecule is CCOC(=O)c1ccc(C=O)nc1Cl. The highest BCUT2D eigenvalue weighted by Crippen LogP contribution is 2.14. The van der Waals surface area contributed by atoms with E-state index in [9.17, 15) is 9.59 Å². The van der Waals surface area contributed by atoms with Crippen molar-refractivity contribution in [2.24, 2.45) is 0 Å². The van der Waals surface area contributed by atoms with Crippen molar-refractivity contribution in [3.05, 3.63) is 28.5 Å². The van der Waals surface area contributed by atoms with Crippen LogP contribution < -0.4 is 0 Å². The molecule has 74 valence electrons. The summed E-state index contributed by atoms with van der Waals surface area (Å²) in [6, 6.07) is 2.82. The summed E-state index contributed by atoms with van der Waals surface area (Å²) >= 11 is 5.67. The number of ether oxygens (including phenoxy) is 1. The van der Waals surface area contributed by atoms with Gasteiger partial charge in [0, 0.05) is 0 Å². The number of aldehydes is 1. The molecule has 0 radical (unpaired) electrons. The molecule has 0 aliphatic carbocycles. The van der Waals surface area contributed by atoms with Crippen molar-refractivity contribution in [1.82, 2.24) is 4.98 Å². The third kappa shape index (κ3) is 2.29. The summed E-state index contributed by atoms with van der Waals surface area (Å²) in [5.74, 6) is -0.539. The van der Waals surface area contributed by atoms with E-state index in [1.807, 2.05) is 0 Å². The highest BCUT2D eigenvalue weighted by atomic mass is 35.5. The first kappa shape index (κ1) is 10.7. The minimum absolute atomic E-state index is 0.0203. The van der Waals surface area contributed by atoms with Crippen LogP contribution in [-0.2, 0) is 4.74 Å². The van der Waals surface area contributed by atoms with Gasteiger partial charge in [-0.25, -0.2) is 9.78 Å². The Kier molecular flexibility index (Phi) is 3.59. The van der Waals surface area contributed by atoms with E-state index in [4.69, 9.17) is 16.3 Å². The van der Waals surface area contributed by atoms with Gasteiger partial charge in [0.15, 0.2) is 6.29 Å². The van der Waals surface area contributed by atoms with Gasteiger partial charge in [-0.3, -0.25) is 4.79 Å². The quantitative estimate of drug-likeness (QED) is 0.436. The van der Waals surface area contributed by atoms with Gasteiger partial charge in [0.05, 0.1) is 12.2 Å². The summed E-state index contributed by atoms with van der Waals surface area (Å²) in [6.07, 6.45) is 0.556. The topological polar surface area (TPSA) is 56.3 Å². The first-order chi connectivity index (χ1) is 6.69. The van der Waals surface area contributed by atoms with E-state index in [2.05, 4.69) is 4.98 Å². The summed E-state index contributed by atoms with van der Waals surface area (Å²) in [4.78, 5) is 25.2. The molecule has 4 nitrogen and oxygen atoms in total. The van der Waals surface area contributed by atoms with Crippen molar-refractivity contribution >= 4 is 23.9 Å². The van der Waals surface area contributed by atoms with E-state index in [0.717, 1.165) is 0 Å². The van der Waals surface area contributed by atoms with Crippen LogP contribution in [0.2, 0.25) is 5.15 Å². The molecule has 1 aromatic rings. The third-order valence-corrected chi connectivity index (χ3v) is 1.77. The second kappa shape index (κ2) is 4.72. The van der Waals surface area contributed by atoms with Gasteiger partial charge in [-0.1, -0.05) is 11.6 Å².